The lowest BCUT2D eigenvalue weighted by molar-refractivity contribution is 0.660. The molecule has 1 spiro atoms. The van der Waals surface area contributed by atoms with E-state index in [4.69, 9.17) is 0 Å². The third kappa shape index (κ3) is 5.22. The molecule has 13 aromatic rings. The van der Waals surface area contributed by atoms with Crippen molar-refractivity contribution >= 4 is 80.9 Å². The molecule has 2 heteroatoms. The van der Waals surface area contributed by atoms with E-state index in [9.17, 15) is 0 Å². The molecular weight excluding hydrogens is 887 g/mol. The molecule has 0 unspecified atom stereocenters. The van der Waals surface area contributed by atoms with Crippen LogP contribution in [0.2, 0.25) is 0 Å². The molecule has 16 rings (SSSR count). The summed E-state index contributed by atoms with van der Waals surface area (Å²) in [5, 5.41) is 10.2. The monoisotopic (exact) mass is 931 g/mol. The average molecular weight is 932 g/mol. The summed E-state index contributed by atoms with van der Waals surface area (Å²) in [5.74, 6) is 0. The normalized spacial score (nSPS) is 14.2. The Balaban J connectivity index is 1.06. The zero-order valence-electron chi connectivity index (χ0n) is 39.9. The molecular formula is C70H45NS. The van der Waals surface area contributed by atoms with Crippen molar-refractivity contribution in [2.75, 3.05) is 4.90 Å². The third-order valence-corrected chi connectivity index (χ3v) is 18.0. The van der Waals surface area contributed by atoms with Gasteiger partial charge in [0.25, 0.3) is 0 Å². The maximum Gasteiger partial charge on any atom is 0.0726 e. The van der Waals surface area contributed by atoms with Gasteiger partial charge in [-0.3, -0.25) is 0 Å². The zero-order valence-corrected chi connectivity index (χ0v) is 40.7. The van der Waals surface area contributed by atoms with Crippen molar-refractivity contribution in [1.82, 2.24) is 0 Å². The second-order valence-corrected chi connectivity index (χ2v) is 21.8. The van der Waals surface area contributed by atoms with Crippen molar-refractivity contribution in [1.29, 1.82) is 0 Å². The molecule has 0 fully saturated rings. The van der Waals surface area contributed by atoms with Crippen molar-refractivity contribution in [3.05, 3.63) is 270 Å². The summed E-state index contributed by atoms with van der Waals surface area (Å²) < 4.78 is 2.61. The highest BCUT2D eigenvalue weighted by Crippen LogP contribution is 2.64. The van der Waals surface area contributed by atoms with Crippen molar-refractivity contribution in [2.45, 2.75) is 24.7 Å². The molecule has 0 aliphatic heterocycles. The van der Waals surface area contributed by atoms with Crippen LogP contribution >= 0.6 is 11.3 Å². The van der Waals surface area contributed by atoms with E-state index in [-0.39, 0.29) is 5.41 Å². The van der Waals surface area contributed by atoms with Crippen LogP contribution in [0.25, 0.3) is 97.0 Å². The van der Waals surface area contributed by atoms with Crippen LogP contribution < -0.4 is 4.90 Å². The predicted octanol–water partition coefficient (Wildman–Crippen LogP) is 19.3. The highest BCUT2D eigenvalue weighted by atomic mass is 32.1. The van der Waals surface area contributed by atoms with Gasteiger partial charge in [-0.05, 0) is 159 Å². The zero-order chi connectivity index (χ0) is 47.5. The standard InChI is InChI=1S/C70H45NS/c1-69(2)60-26-12-7-23-52(60)57-39-44(33-35-61(57)69)71(43-32-34-49-47-19-4-3-17-45(47)46-18-5-6-20-48(46)56(49)38-43)66-41-65-58(40-55(66)42-31-36-68-59(37-42)54-25-11-16-30-67(54)72-68)53-24-10-15-29-64(53)70(65)62-27-13-8-21-50(62)51-22-9-14-28-63(51)70/h3-41H,1-2H3. The first-order chi connectivity index (χ1) is 35.5. The van der Waals surface area contributed by atoms with Gasteiger partial charge in [0.05, 0.1) is 11.1 Å². The summed E-state index contributed by atoms with van der Waals surface area (Å²) in [7, 11) is 0. The minimum atomic E-state index is -0.523. The summed E-state index contributed by atoms with van der Waals surface area (Å²) in [6, 6.07) is 90.3. The summed E-state index contributed by atoms with van der Waals surface area (Å²) in [6.45, 7) is 4.76. The first kappa shape index (κ1) is 40.2. The second kappa shape index (κ2) is 14.5. The molecule has 1 aromatic heterocycles. The molecule has 0 saturated heterocycles. The van der Waals surface area contributed by atoms with Gasteiger partial charge in [-0.1, -0.05) is 196 Å². The largest absolute Gasteiger partial charge is 0.310 e. The minimum absolute atomic E-state index is 0.128. The van der Waals surface area contributed by atoms with Crippen LogP contribution in [0.15, 0.2) is 237 Å². The van der Waals surface area contributed by atoms with Gasteiger partial charge in [-0.25, -0.2) is 0 Å². The quantitative estimate of drug-likeness (QED) is 0.159. The van der Waals surface area contributed by atoms with Crippen molar-refractivity contribution in [3.63, 3.8) is 0 Å². The van der Waals surface area contributed by atoms with Crippen molar-refractivity contribution < 1.29 is 0 Å². The van der Waals surface area contributed by atoms with Crippen LogP contribution in [0.4, 0.5) is 17.1 Å². The lowest BCUT2D eigenvalue weighted by Gasteiger charge is -2.33. The van der Waals surface area contributed by atoms with E-state index in [2.05, 4.69) is 255 Å². The topological polar surface area (TPSA) is 3.24 Å². The summed E-state index contributed by atoms with van der Waals surface area (Å²) in [5.41, 5.74) is 21.0. The first-order valence-corrected chi connectivity index (χ1v) is 26.1. The molecule has 1 nitrogen and oxygen atoms in total. The van der Waals surface area contributed by atoms with Gasteiger partial charge < -0.3 is 4.90 Å². The van der Waals surface area contributed by atoms with E-state index < -0.39 is 5.41 Å². The SMILES string of the molecule is CC1(C)c2ccccc2-c2cc(N(c3ccc4c5ccccc5c5ccccc5c4c3)c3cc4c(cc3-c3ccc5sc6ccccc6c5c3)-c3ccccc3C43c4ccccc4-c4ccccc43)ccc21. The van der Waals surface area contributed by atoms with Gasteiger partial charge in [0.15, 0.2) is 0 Å². The number of anilines is 3. The van der Waals surface area contributed by atoms with Gasteiger partial charge in [0.1, 0.15) is 0 Å². The van der Waals surface area contributed by atoms with Gasteiger partial charge in [0, 0.05) is 42.5 Å². The minimum Gasteiger partial charge on any atom is -0.310 e. The van der Waals surface area contributed by atoms with Gasteiger partial charge in [0.2, 0.25) is 0 Å². The van der Waals surface area contributed by atoms with Crippen LogP contribution in [-0.4, -0.2) is 0 Å². The maximum atomic E-state index is 2.60. The van der Waals surface area contributed by atoms with Crippen LogP contribution in [0.3, 0.4) is 0 Å². The smallest absolute Gasteiger partial charge is 0.0726 e. The molecule has 72 heavy (non-hydrogen) atoms. The lowest BCUT2D eigenvalue weighted by atomic mass is 9.70. The van der Waals surface area contributed by atoms with Crippen LogP contribution in [0.5, 0.6) is 0 Å². The van der Waals surface area contributed by atoms with E-state index >= 15 is 0 Å². The lowest BCUT2D eigenvalue weighted by Crippen LogP contribution is -2.26. The van der Waals surface area contributed by atoms with E-state index in [1.807, 2.05) is 11.3 Å². The van der Waals surface area contributed by atoms with Crippen LogP contribution in [0.1, 0.15) is 47.2 Å². The van der Waals surface area contributed by atoms with E-state index in [0.29, 0.717) is 0 Å². The number of thiophene rings is 1. The Morgan fingerprint density at radius 3 is 1.40 bits per heavy atom. The van der Waals surface area contributed by atoms with Crippen LogP contribution in [0, 0.1) is 0 Å². The Hall–Kier alpha value is -8.56. The van der Waals surface area contributed by atoms with E-state index in [0.717, 1.165) is 17.1 Å². The Morgan fingerprint density at radius 2 is 0.750 bits per heavy atom. The fourth-order valence-corrected chi connectivity index (χ4v) is 14.8. The summed E-state index contributed by atoms with van der Waals surface area (Å²) >= 11 is 1.88. The Bertz CT molecular complexity index is 4430. The molecule has 0 amide bonds. The number of nitrogens with zero attached hydrogens (tertiary/aromatic N) is 1. The molecule has 0 saturated carbocycles. The molecule has 0 radical (unpaired) electrons. The fraction of sp³-hybridized carbons (Fsp3) is 0.0571. The van der Waals surface area contributed by atoms with Crippen molar-refractivity contribution in [3.8, 4) is 44.5 Å². The summed E-state index contributed by atoms with van der Waals surface area (Å²) in [4.78, 5) is 2.60. The van der Waals surface area contributed by atoms with Gasteiger partial charge in [-0.2, -0.15) is 0 Å². The Labute approximate surface area is 422 Å². The highest BCUT2D eigenvalue weighted by Gasteiger charge is 2.52. The first-order valence-electron chi connectivity index (χ1n) is 25.2. The second-order valence-electron chi connectivity index (χ2n) is 20.7. The van der Waals surface area contributed by atoms with Crippen LogP contribution in [-0.2, 0) is 10.8 Å². The van der Waals surface area contributed by atoms with E-state index in [1.165, 1.54) is 130 Å². The molecule has 3 aliphatic rings. The molecule has 1 heterocycles. The van der Waals surface area contributed by atoms with E-state index in [1.54, 1.807) is 0 Å². The van der Waals surface area contributed by atoms with Gasteiger partial charge >= 0.3 is 0 Å². The van der Waals surface area contributed by atoms with Crippen molar-refractivity contribution in [2.24, 2.45) is 0 Å². The summed E-state index contributed by atoms with van der Waals surface area (Å²) in [6.07, 6.45) is 0. The Morgan fingerprint density at radius 1 is 0.292 bits per heavy atom. The Kier molecular flexibility index (Phi) is 8.10. The molecule has 3 aliphatic carbocycles. The fourth-order valence-electron chi connectivity index (χ4n) is 13.7. The molecule has 336 valence electrons. The number of hydrogen-bond donors (Lipinski definition) is 0. The molecule has 0 bridgehead atoms. The predicted molar refractivity (Wildman–Crippen MR) is 306 cm³/mol. The number of benzene rings is 12. The third-order valence-electron chi connectivity index (χ3n) is 16.9. The number of fused-ring (bicyclic) bond motifs is 22. The molecule has 0 atom stereocenters. The number of hydrogen-bond acceptors (Lipinski definition) is 2. The van der Waals surface area contributed by atoms with Gasteiger partial charge in [-0.15, -0.1) is 11.3 Å². The molecule has 12 aromatic carbocycles. The molecule has 0 N–H and O–H groups in total. The average Bonchev–Trinajstić information content (AvgIpc) is 4.12. The maximum absolute atomic E-state index is 2.60. The number of rotatable bonds is 4. The highest BCUT2D eigenvalue weighted by molar-refractivity contribution is 7.25.